The molecule has 0 unspecified atom stereocenters. The number of anilines is 1. The lowest BCUT2D eigenvalue weighted by atomic mass is 10.0. The third-order valence-corrected chi connectivity index (χ3v) is 10.9. The van der Waals surface area contributed by atoms with E-state index in [-0.39, 0.29) is 56.2 Å². The van der Waals surface area contributed by atoms with Crippen LogP contribution in [0.15, 0.2) is 67.8 Å². The average Bonchev–Trinajstić information content (AvgIpc) is 3.82. The van der Waals surface area contributed by atoms with Crippen LogP contribution in [0.25, 0.3) is 11.5 Å². The van der Waals surface area contributed by atoms with Gasteiger partial charge in [-0.2, -0.15) is 0 Å². The second kappa shape index (κ2) is 15.7. The molecule has 0 aliphatic carbocycles. The zero-order chi connectivity index (χ0) is 40.5. The molecule has 2 aliphatic heterocycles. The van der Waals surface area contributed by atoms with Gasteiger partial charge >= 0.3 is 5.97 Å². The zero-order valence-electron chi connectivity index (χ0n) is 28.7. The van der Waals surface area contributed by atoms with E-state index in [2.05, 4.69) is 36.5 Å². The number of nitrogens with zero attached hydrogens (tertiary/aromatic N) is 5. The summed E-state index contributed by atoms with van der Waals surface area (Å²) in [5, 5.41) is 63.5. The molecule has 4 amide bonds. The topological polar surface area (TPSA) is 325 Å². The van der Waals surface area contributed by atoms with Crippen molar-refractivity contribution in [2.45, 2.75) is 36.1 Å². The third kappa shape index (κ3) is 8.10. The lowest BCUT2D eigenvalue weighted by molar-refractivity contribution is -0.150. The highest BCUT2D eigenvalue weighted by atomic mass is 32.2. The number of phenols is 4. The summed E-state index contributed by atoms with van der Waals surface area (Å²) in [7, 11) is 0. The van der Waals surface area contributed by atoms with E-state index in [0.717, 1.165) is 40.1 Å². The predicted molar refractivity (Wildman–Crippen MR) is 197 cm³/mol. The van der Waals surface area contributed by atoms with Crippen molar-refractivity contribution in [2.75, 3.05) is 17.2 Å². The van der Waals surface area contributed by atoms with Gasteiger partial charge in [0, 0.05) is 28.0 Å². The van der Waals surface area contributed by atoms with Crippen LogP contribution in [0.2, 0.25) is 0 Å². The summed E-state index contributed by atoms with van der Waals surface area (Å²) in [4.78, 5) is 75.3. The number of thiazole rings is 1. The van der Waals surface area contributed by atoms with Crippen molar-refractivity contribution in [3.8, 4) is 34.5 Å². The van der Waals surface area contributed by atoms with Crippen molar-refractivity contribution < 1.29 is 58.8 Å². The van der Waals surface area contributed by atoms with Crippen LogP contribution in [-0.4, -0.2) is 109 Å². The number of benzene rings is 2. The summed E-state index contributed by atoms with van der Waals surface area (Å²) < 4.78 is 5.61. The smallest absolute Gasteiger partial charge is 0.352 e. The summed E-state index contributed by atoms with van der Waals surface area (Å²) in [6.45, 7) is 2.55. The highest BCUT2D eigenvalue weighted by Crippen LogP contribution is 2.42. The molecule has 4 heterocycles. The highest BCUT2D eigenvalue weighted by molar-refractivity contribution is 8.01. The standard InChI is InChI=1S/C32H29N9O12S3/c1-32(2,29(51)38-36-23(46)12-3-5-16(42)18(44)7-12)53-40-20(15-11-55-30(33)34-15)24(47)35-21-26(48)41-22(28(49)50)14(9-54-27(21)41)10-56-31-39-37-25(52-31)13-4-6-17(43)19(45)8-13/h3-8,11,21,27,42-45H,9-10H2,1-2H3,(H2,33,34)(H,35,47)(H,36,46)(H,38,51)(H,49,50)/b40-20+/t21-,27-/m1/s1. The number of aliphatic carboxylic acids is 1. The first-order valence-corrected chi connectivity index (χ1v) is 18.7. The van der Waals surface area contributed by atoms with E-state index in [0.29, 0.717) is 11.1 Å². The Kier molecular flexibility index (Phi) is 11.0. The van der Waals surface area contributed by atoms with Crippen LogP contribution in [0.1, 0.15) is 29.9 Å². The van der Waals surface area contributed by atoms with Crippen LogP contribution in [0, 0.1) is 0 Å². The molecule has 2 atom stereocenters. The van der Waals surface area contributed by atoms with Gasteiger partial charge in [-0.05, 0) is 55.8 Å². The summed E-state index contributed by atoms with van der Waals surface area (Å²) >= 11 is 3.19. The highest BCUT2D eigenvalue weighted by Gasteiger charge is 2.54. The number of hydrogen-bond acceptors (Lipinski definition) is 19. The number of nitrogens with two attached hydrogens (primary N) is 1. The molecule has 0 spiro atoms. The monoisotopic (exact) mass is 827 g/mol. The van der Waals surface area contributed by atoms with Crippen LogP contribution in [0.4, 0.5) is 5.13 Å². The molecule has 56 heavy (non-hydrogen) atoms. The van der Waals surface area contributed by atoms with Crippen LogP contribution in [-0.2, 0) is 24.0 Å². The number of amides is 4. The van der Waals surface area contributed by atoms with E-state index in [1.807, 2.05) is 0 Å². The number of phenolic OH excluding ortho intramolecular Hbond substituents is 4. The first-order valence-electron chi connectivity index (χ1n) is 15.8. The maximum atomic E-state index is 13.6. The van der Waals surface area contributed by atoms with E-state index in [1.54, 1.807) is 0 Å². The minimum atomic E-state index is -1.83. The minimum Gasteiger partial charge on any atom is -0.504 e. The van der Waals surface area contributed by atoms with E-state index in [9.17, 15) is 49.5 Å². The number of oxime groups is 1. The van der Waals surface area contributed by atoms with Crippen molar-refractivity contribution in [3.05, 3.63) is 64.3 Å². The molecule has 0 saturated carbocycles. The Morgan fingerprint density at radius 1 is 1.05 bits per heavy atom. The number of hydrazine groups is 1. The Morgan fingerprint density at radius 3 is 2.43 bits per heavy atom. The van der Waals surface area contributed by atoms with Crippen LogP contribution >= 0.6 is 34.9 Å². The minimum absolute atomic E-state index is 0.0447. The molecular weight excluding hydrogens is 799 g/mol. The normalized spacial score (nSPS) is 16.8. The van der Waals surface area contributed by atoms with Gasteiger partial charge in [0.1, 0.15) is 22.8 Å². The lowest BCUT2D eigenvalue weighted by Crippen LogP contribution is -2.71. The molecule has 6 rings (SSSR count). The van der Waals surface area contributed by atoms with E-state index >= 15 is 0 Å². The fourth-order valence-electron chi connectivity index (χ4n) is 5.00. The lowest BCUT2D eigenvalue weighted by Gasteiger charge is -2.49. The number of fused-ring (bicyclic) bond motifs is 1. The van der Waals surface area contributed by atoms with Gasteiger partial charge in [-0.1, -0.05) is 16.9 Å². The maximum Gasteiger partial charge on any atom is 0.352 e. The Hall–Kier alpha value is -6.53. The summed E-state index contributed by atoms with van der Waals surface area (Å²) in [5.41, 5.74) is 8.03. The van der Waals surface area contributed by atoms with Gasteiger partial charge in [-0.25, -0.2) is 9.78 Å². The summed E-state index contributed by atoms with van der Waals surface area (Å²) in [6.07, 6.45) is 0. The molecule has 1 saturated heterocycles. The number of aromatic nitrogens is 3. The zero-order valence-corrected chi connectivity index (χ0v) is 31.2. The number of nitrogen functional groups attached to an aromatic ring is 1. The van der Waals surface area contributed by atoms with Crippen molar-refractivity contribution in [1.29, 1.82) is 0 Å². The van der Waals surface area contributed by atoms with E-state index in [1.165, 1.54) is 55.3 Å². The Bertz CT molecular complexity index is 2330. The molecule has 0 bridgehead atoms. The molecule has 4 aromatic rings. The molecule has 0 radical (unpaired) electrons. The first-order chi connectivity index (χ1) is 26.5. The fourth-order valence-corrected chi connectivity index (χ4v) is 7.79. The second-order valence-corrected chi connectivity index (χ2v) is 15.1. The summed E-state index contributed by atoms with van der Waals surface area (Å²) in [5.74, 6) is -6.28. The molecule has 2 aliphatic rings. The number of carbonyl (C=O) groups excluding carboxylic acids is 4. The van der Waals surface area contributed by atoms with Gasteiger partial charge < -0.3 is 45.8 Å². The molecule has 292 valence electrons. The molecule has 2 aromatic carbocycles. The van der Waals surface area contributed by atoms with Crippen molar-refractivity contribution in [1.82, 2.24) is 36.2 Å². The first kappa shape index (κ1) is 39.2. The number of nitrogens with one attached hydrogen (secondary N) is 3. The van der Waals surface area contributed by atoms with Crippen molar-refractivity contribution in [3.63, 3.8) is 0 Å². The number of β-lactam (4-membered cyclic amide) rings is 1. The van der Waals surface area contributed by atoms with Crippen LogP contribution in [0.5, 0.6) is 23.0 Å². The maximum absolute atomic E-state index is 13.6. The second-order valence-electron chi connectivity index (χ2n) is 12.2. The third-order valence-electron chi connectivity index (χ3n) is 7.95. The average molecular weight is 828 g/mol. The molecule has 1 fully saturated rings. The quantitative estimate of drug-likeness (QED) is 0.0317. The SMILES string of the molecule is CC(C)(O/N=C(/C(=O)N[C@@H]1C(=O)N2C(C(=O)O)=C(CSc3nnc(-c4ccc(O)c(O)c4)o3)CS[C@H]12)c1csc(N)n1)C(=O)NNC(=O)c1ccc(O)c(O)c1. The number of rotatable bonds is 12. The van der Waals surface area contributed by atoms with Gasteiger partial charge in [0.05, 0.1) is 0 Å². The fraction of sp³-hybridized carbons (Fsp3) is 0.219. The number of carboxylic acid groups (broad SMARTS) is 1. The number of carbonyl (C=O) groups is 5. The Morgan fingerprint density at radius 2 is 1.77 bits per heavy atom. The Balaban J connectivity index is 1.11. The molecule has 24 heteroatoms. The number of hydrogen-bond donors (Lipinski definition) is 9. The summed E-state index contributed by atoms with van der Waals surface area (Å²) in [6, 6.07) is 6.01. The predicted octanol–water partition coefficient (Wildman–Crippen LogP) is 1.09. The molecule has 10 N–H and O–H groups in total. The van der Waals surface area contributed by atoms with Gasteiger partial charge in [0.2, 0.25) is 11.5 Å². The van der Waals surface area contributed by atoms with Gasteiger partial charge in [-0.3, -0.25) is 34.9 Å². The Labute approximate surface area is 326 Å². The number of carboxylic acids is 1. The van der Waals surface area contributed by atoms with E-state index < -0.39 is 63.8 Å². The number of thioether (sulfide) groups is 2. The van der Waals surface area contributed by atoms with Crippen LogP contribution in [0.3, 0.4) is 0 Å². The largest absolute Gasteiger partial charge is 0.504 e. The number of aromatic hydroxyl groups is 4. The molecule has 2 aromatic heterocycles. The molecular formula is C32H29N9O12S3. The van der Waals surface area contributed by atoms with Gasteiger partial charge in [0.25, 0.3) is 28.9 Å². The van der Waals surface area contributed by atoms with E-state index in [4.69, 9.17) is 15.0 Å². The van der Waals surface area contributed by atoms with Crippen molar-refractivity contribution >= 4 is 75.3 Å². The van der Waals surface area contributed by atoms with Gasteiger partial charge in [-0.15, -0.1) is 33.3 Å². The van der Waals surface area contributed by atoms with Gasteiger partial charge in [0.15, 0.2) is 33.8 Å². The molecule has 21 nitrogen and oxygen atoms in total. The van der Waals surface area contributed by atoms with Crippen molar-refractivity contribution in [2.24, 2.45) is 5.16 Å². The van der Waals surface area contributed by atoms with Crippen LogP contribution < -0.4 is 21.9 Å².